The summed E-state index contributed by atoms with van der Waals surface area (Å²) in [5.41, 5.74) is 4.19. The van der Waals surface area contributed by atoms with E-state index in [9.17, 15) is 0 Å². The van der Waals surface area contributed by atoms with Crippen LogP contribution in [0.25, 0.3) is 0 Å². The molecule has 24 heavy (non-hydrogen) atoms. The average Bonchev–Trinajstić information content (AvgIpc) is 2.57. The molecule has 0 aliphatic rings. The number of rotatable bonds is 6. The zero-order chi connectivity index (χ0) is 16.0. The van der Waals surface area contributed by atoms with E-state index in [1.807, 2.05) is 0 Å². The zero-order valence-electron chi connectivity index (χ0n) is 13.8. The first-order valence-electron chi connectivity index (χ1n) is 8.14. The van der Waals surface area contributed by atoms with Gasteiger partial charge in [-0.3, -0.25) is 0 Å². The monoisotopic (exact) mass is 354 g/mol. The van der Waals surface area contributed by atoms with Gasteiger partial charge >= 0.3 is 0 Å². The molecule has 0 aliphatic heterocycles. The summed E-state index contributed by atoms with van der Waals surface area (Å²) in [5, 5.41) is 0.129. The van der Waals surface area contributed by atoms with E-state index in [0.717, 1.165) is 19.3 Å². The maximum absolute atomic E-state index is 3.16. The summed E-state index contributed by atoms with van der Waals surface area (Å²) < 4.78 is 0. The van der Waals surface area contributed by atoms with Crippen molar-refractivity contribution in [2.45, 2.75) is 24.4 Å². The van der Waals surface area contributed by atoms with Gasteiger partial charge in [-0.1, -0.05) is 91.0 Å². The van der Waals surface area contributed by atoms with E-state index in [1.54, 1.807) is 0 Å². The molecule has 0 aliphatic carbocycles. The van der Waals surface area contributed by atoms with Crippen LogP contribution in [0.15, 0.2) is 91.0 Å². The molecule has 0 aromatic heterocycles. The normalized spacial score (nSPS) is 10.9. The summed E-state index contributed by atoms with van der Waals surface area (Å²) in [6, 6.07) is 32.4. The lowest BCUT2D eigenvalue weighted by atomic mass is 9.86. The Kier molecular flexibility index (Phi) is 7.03. The minimum atomic E-state index is 0. The largest absolute Gasteiger partial charge is 0.147 e. The van der Waals surface area contributed by atoms with Crippen LogP contribution in [0.1, 0.15) is 16.7 Å². The van der Waals surface area contributed by atoms with Crippen molar-refractivity contribution in [2.24, 2.45) is 0 Å². The molecule has 0 bridgehead atoms. The van der Waals surface area contributed by atoms with Crippen LogP contribution in [0, 0.1) is 0 Å². The first-order chi connectivity index (χ1) is 11.2. The van der Waals surface area contributed by atoms with Crippen LogP contribution >= 0.6 is 21.6 Å². The maximum atomic E-state index is 3.16. The van der Waals surface area contributed by atoms with Crippen LogP contribution in [0.4, 0.5) is 0 Å². The van der Waals surface area contributed by atoms with Crippen molar-refractivity contribution in [2.75, 3.05) is 0 Å². The van der Waals surface area contributed by atoms with E-state index in [4.69, 9.17) is 0 Å². The van der Waals surface area contributed by atoms with Gasteiger partial charge < -0.3 is 0 Å². The molecule has 2 heteroatoms. The predicted octanol–water partition coefficient (Wildman–Crippen LogP) is 5.75. The molecule has 0 spiro atoms. The van der Waals surface area contributed by atoms with Gasteiger partial charge in [-0.15, -0.1) is 21.6 Å². The lowest BCUT2D eigenvalue weighted by Gasteiger charge is -2.30. The second-order valence-electron chi connectivity index (χ2n) is 6.35. The predicted molar refractivity (Wildman–Crippen MR) is 110 cm³/mol. The summed E-state index contributed by atoms with van der Waals surface area (Å²) in [7, 11) is 3.16. The second-order valence-corrected chi connectivity index (χ2v) is 7.57. The number of hydrogen-bond donors (Lipinski definition) is 0. The SMILES string of the molecule is Cl.PC(Cc1ccccc1)(Cc1ccccc1)Cc1ccccc1. The highest BCUT2D eigenvalue weighted by Gasteiger charge is 2.26. The molecule has 1 atom stereocenters. The number of halogens is 1. The molecule has 0 saturated heterocycles. The van der Waals surface area contributed by atoms with Crippen molar-refractivity contribution in [1.29, 1.82) is 0 Å². The van der Waals surface area contributed by atoms with E-state index in [2.05, 4.69) is 100 Å². The van der Waals surface area contributed by atoms with Crippen molar-refractivity contribution < 1.29 is 0 Å². The quantitative estimate of drug-likeness (QED) is 0.494. The molecule has 0 heterocycles. The maximum Gasteiger partial charge on any atom is -0.00295 e. The van der Waals surface area contributed by atoms with Gasteiger partial charge in [0.15, 0.2) is 0 Å². The van der Waals surface area contributed by atoms with Crippen LogP contribution in [-0.2, 0) is 19.3 Å². The highest BCUT2D eigenvalue weighted by atomic mass is 35.5. The third kappa shape index (κ3) is 5.48. The van der Waals surface area contributed by atoms with E-state index < -0.39 is 0 Å². The summed E-state index contributed by atoms with van der Waals surface area (Å²) >= 11 is 0. The Morgan fingerprint density at radius 2 is 0.750 bits per heavy atom. The second kappa shape index (κ2) is 9.02. The van der Waals surface area contributed by atoms with Gasteiger partial charge in [-0.2, -0.15) is 0 Å². The molecule has 0 saturated carbocycles. The Morgan fingerprint density at radius 3 is 1.00 bits per heavy atom. The van der Waals surface area contributed by atoms with Gasteiger partial charge in [0.05, 0.1) is 0 Å². The highest BCUT2D eigenvalue weighted by Crippen LogP contribution is 2.32. The minimum Gasteiger partial charge on any atom is -0.147 e. The summed E-state index contributed by atoms with van der Waals surface area (Å²) in [6.07, 6.45) is 3.17. The molecule has 0 amide bonds. The smallest absolute Gasteiger partial charge is 0.00295 e. The first-order valence-corrected chi connectivity index (χ1v) is 8.72. The molecule has 0 nitrogen and oxygen atoms in total. The highest BCUT2D eigenvalue weighted by molar-refractivity contribution is 7.19. The Bertz CT molecular complexity index is 609. The Hall–Kier alpha value is -1.62. The Morgan fingerprint density at radius 1 is 0.500 bits per heavy atom. The Balaban J connectivity index is 0.00000208. The molecule has 1 unspecified atom stereocenters. The van der Waals surface area contributed by atoms with E-state index in [1.165, 1.54) is 16.7 Å². The van der Waals surface area contributed by atoms with Crippen molar-refractivity contribution >= 4 is 21.6 Å². The van der Waals surface area contributed by atoms with Gasteiger partial charge in [0, 0.05) is 0 Å². The van der Waals surface area contributed by atoms with Gasteiger partial charge in [-0.25, -0.2) is 0 Å². The van der Waals surface area contributed by atoms with Crippen molar-refractivity contribution in [1.82, 2.24) is 0 Å². The molecule has 3 rings (SSSR count). The molecule has 3 aromatic rings. The van der Waals surface area contributed by atoms with E-state index in [-0.39, 0.29) is 17.6 Å². The summed E-state index contributed by atoms with van der Waals surface area (Å²) in [6.45, 7) is 0. The fraction of sp³-hybridized carbons (Fsp3) is 0.182. The minimum absolute atomic E-state index is 0. The average molecular weight is 355 g/mol. The van der Waals surface area contributed by atoms with Gasteiger partial charge in [-0.05, 0) is 41.1 Å². The van der Waals surface area contributed by atoms with Crippen LogP contribution < -0.4 is 0 Å². The molecule has 0 radical (unpaired) electrons. The summed E-state index contributed by atoms with van der Waals surface area (Å²) in [5.74, 6) is 0. The molecular weight excluding hydrogens is 331 g/mol. The number of benzene rings is 3. The van der Waals surface area contributed by atoms with Crippen LogP contribution in [0.3, 0.4) is 0 Å². The van der Waals surface area contributed by atoms with Crippen LogP contribution in [-0.4, -0.2) is 5.16 Å². The van der Waals surface area contributed by atoms with Gasteiger partial charge in [0.25, 0.3) is 0 Å². The molecule has 0 N–H and O–H groups in total. The first kappa shape index (κ1) is 18.7. The zero-order valence-corrected chi connectivity index (χ0v) is 15.7. The van der Waals surface area contributed by atoms with Crippen molar-refractivity contribution in [3.63, 3.8) is 0 Å². The number of hydrogen-bond acceptors (Lipinski definition) is 0. The topological polar surface area (TPSA) is 0 Å². The molecule has 0 fully saturated rings. The lowest BCUT2D eigenvalue weighted by molar-refractivity contribution is 0.574. The third-order valence-corrected chi connectivity index (χ3v) is 4.81. The van der Waals surface area contributed by atoms with Gasteiger partial charge in [0.2, 0.25) is 0 Å². The molecule has 124 valence electrons. The Labute approximate surface area is 153 Å². The third-order valence-electron chi connectivity index (χ3n) is 4.20. The molecule has 3 aromatic carbocycles. The van der Waals surface area contributed by atoms with Crippen molar-refractivity contribution in [3.8, 4) is 0 Å². The fourth-order valence-electron chi connectivity index (χ4n) is 3.19. The van der Waals surface area contributed by atoms with Crippen LogP contribution in [0.2, 0.25) is 0 Å². The van der Waals surface area contributed by atoms with Crippen LogP contribution in [0.5, 0.6) is 0 Å². The fourth-order valence-corrected chi connectivity index (χ4v) is 3.90. The van der Waals surface area contributed by atoms with E-state index in [0.29, 0.717) is 0 Å². The standard InChI is InChI=1S/C22H23P.ClH/c23-22(16-19-10-4-1-5-11-19,17-20-12-6-2-7-13-20)18-21-14-8-3-9-15-21;/h1-15H,16-18,23H2;1H. The van der Waals surface area contributed by atoms with Crippen molar-refractivity contribution in [3.05, 3.63) is 108 Å². The summed E-state index contributed by atoms with van der Waals surface area (Å²) in [4.78, 5) is 0. The lowest BCUT2D eigenvalue weighted by Crippen LogP contribution is -2.30. The van der Waals surface area contributed by atoms with Gasteiger partial charge in [0.1, 0.15) is 0 Å². The van der Waals surface area contributed by atoms with E-state index >= 15 is 0 Å². The molecular formula is C22H24ClP.